The molecule has 2 aromatic carbocycles. The second-order valence-electron chi connectivity index (χ2n) is 4.42. The maximum atomic E-state index is 12.1. The molecule has 0 aliphatic carbocycles. The minimum absolute atomic E-state index is 0.154. The average Bonchev–Trinajstić information content (AvgIpc) is 2.85. The van der Waals surface area contributed by atoms with Gasteiger partial charge in [-0.1, -0.05) is 58.8 Å². The second kappa shape index (κ2) is 6.02. The van der Waals surface area contributed by atoms with Crippen molar-refractivity contribution in [3.63, 3.8) is 0 Å². The lowest BCUT2D eigenvalue weighted by atomic mass is 10.1. The zero-order chi connectivity index (χ0) is 14.8. The summed E-state index contributed by atoms with van der Waals surface area (Å²) in [6.07, 6.45) is 0.212. The van der Waals surface area contributed by atoms with Gasteiger partial charge in [-0.05, 0) is 23.8 Å². The second-order valence-corrected chi connectivity index (χ2v) is 6.27. The van der Waals surface area contributed by atoms with Gasteiger partial charge in [-0.25, -0.2) is 4.98 Å². The smallest absolute Gasteiger partial charge is 0.230 e. The van der Waals surface area contributed by atoms with Crippen LogP contribution in [0, 0.1) is 0 Å². The number of fused-ring (bicyclic) bond motifs is 1. The molecule has 0 saturated heterocycles. The molecule has 0 aliphatic heterocycles. The van der Waals surface area contributed by atoms with Crippen molar-refractivity contribution < 1.29 is 4.79 Å². The van der Waals surface area contributed by atoms with Crippen LogP contribution in [0.3, 0.4) is 0 Å². The van der Waals surface area contributed by atoms with Gasteiger partial charge in [-0.15, -0.1) is 0 Å². The Kier molecular flexibility index (Phi) is 4.10. The Morgan fingerprint density at radius 1 is 1.10 bits per heavy atom. The predicted molar refractivity (Wildman–Crippen MR) is 88.4 cm³/mol. The lowest BCUT2D eigenvalue weighted by Crippen LogP contribution is -2.14. The molecule has 0 saturated carbocycles. The van der Waals surface area contributed by atoms with E-state index in [4.69, 9.17) is 23.2 Å². The summed E-state index contributed by atoms with van der Waals surface area (Å²) in [7, 11) is 0. The van der Waals surface area contributed by atoms with Gasteiger partial charge in [0.2, 0.25) is 5.91 Å². The van der Waals surface area contributed by atoms with E-state index >= 15 is 0 Å². The summed E-state index contributed by atoms with van der Waals surface area (Å²) in [6, 6.07) is 12.8. The molecule has 1 amide bonds. The SMILES string of the molecule is O=C(Cc1ccccc1Cl)Nc1nc2c(Cl)cccc2s1. The molecule has 106 valence electrons. The van der Waals surface area contributed by atoms with Crippen molar-refractivity contribution in [1.82, 2.24) is 4.98 Å². The fraction of sp³-hybridized carbons (Fsp3) is 0.0667. The van der Waals surface area contributed by atoms with Gasteiger partial charge in [0.05, 0.1) is 16.1 Å². The summed E-state index contributed by atoms with van der Waals surface area (Å²) in [4.78, 5) is 16.4. The molecule has 0 radical (unpaired) electrons. The topological polar surface area (TPSA) is 42.0 Å². The van der Waals surface area contributed by atoms with E-state index in [1.807, 2.05) is 30.3 Å². The van der Waals surface area contributed by atoms with Gasteiger partial charge in [0.1, 0.15) is 5.52 Å². The summed E-state index contributed by atoms with van der Waals surface area (Å²) in [5.41, 5.74) is 1.49. The van der Waals surface area contributed by atoms with Crippen molar-refractivity contribution in [1.29, 1.82) is 0 Å². The molecule has 21 heavy (non-hydrogen) atoms. The third-order valence-electron chi connectivity index (χ3n) is 2.92. The number of benzene rings is 2. The number of aromatic nitrogens is 1. The number of hydrogen-bond acceptors (Lipinski definition) is 3. The van der Waals surface area contributed by atoms with Crippen molar-refractivity contribution in [2.45, 2.75) is 6.42 Å². The fourth-order valence-electron chi connectivity index (χ4n) is 1.95. The molecule has 1 N–H and O–H groups in total. The molecule has 0 atom stereocenters. The van der Waals surface area contributed by atoms with E-state index in [2.05, 4.69) is 10.3 Å². The molecule has 3 rings (SSSR count). The van der Waals surface area contributed by atoms with E-state index in [-0.39, 0.29) is 12.3 Å². The third-order valence-corrected chi connectivity index (χ3v) is 4.53. The van der Waals surface area contributed by atoms with E-state index in [0.717, 1.165) is 10.3 Å². The van der Waals surface area contributed by atoms with Gasteiger partial charge in [0, 0.05) is 5.02 Å². The van der Waals surface area contributed by atoms with Crippen molar-refractivity contribution in [3.8, 4) is 0 Å². The van der Waals surface area contributed by atoms with Crippen LogP contribution in [0.2, 0.25) is 10.0 Å². The first-order valence-corrected chi connectivity index (χ1v) is 7.79. The number of anilines is 1. The molecule has 6 heteroatoms. The molecule has 0 fully saturated rings. The number of carbonyl (C=O) groups is 1. The number of para-hydroxylation sites is 1. The van der Waals surface area contributed by atoms with Crippen molar-refractivity contribution in [2.24, 2.45) is 0 Å². The average molecular weight is 337 g/mol. The lowest BCUT2D eigenvalue weighted by molar-refractivity contribution is -0.115. The highest BCUT2D eigenvalue weighted by molar-refractivity contribution is 7.22. The Balaban J connectivity index is 1.77. The summed E-state index contributed by atoms with van der Waals surface area (Å²) in [5, 5.41) is 4.49. The number of rotatable bonds is 3. The summed E-state index contributed by atoms with van der Waals surface area (Å²) in [5.74, 6) is -0.154. The number of carbonyl (C=O) groups excluding carboxylic acids is 1. The fourth-order valence-corrected chi connectivity index (χ4v) is 3.33. The van der Waals surface area contributed by atoms with Crippen LogP contribution in [-0.2, 0) is 11.2 Å². The molecule has 0 unspecified atom stereocenters. The normalized spacial score (nSPS) is 10.8. The monoisotopic (exact) mass is 336 g/mol. The zero-order valence-electron chi connectivity index (χ0n) is 10.8. The van der Waals surface area contributed by atoms with E-state index in [1.54, 1.807) is 12.1 Å². The number of nitrogens with one attached hydrogen (secondary N) is 1. The van der Waals surface area contributed by atoms with Crippen LogP contribution in [0.4, 0.5) is 5.13 Å². The van der Waals surface area contributed by atoms with Crippen molar-refractivity contribution in [3.05, 3.63) is 58.1 Å². The molecular formula is C15H10Cl2N2OS. The first kappa shape index (κ1) is 14.3. The summed E-state index contributed by atoms with van der Waals surface area (Å²) in [6.45, 7) is 0. The van der Waals surface area contributed by atoms with Gasteiger partial charge in [-0.3, -0.25) is 4.79 Å². The molecule has 1 aromatic heterocycles. The Bertz CT molecular complexity index is 816. The Morgan fingerprint density at radius 3 is 2.62 bits per heavy atom. The van der Waals surface area contributed by atoms with Crippen LogP contribution < -0.4 is 5.32 Å². The van der Waals surface area contributed by atoms with Gasteiger partial charge >= 0.3 is 0 Å². The molecule has 1 heterocycles. The van der Waals surface area contributed by atoms with E-state index in [0.29, 0.717) is 20.7 Å². The van der Waals surface area contributed by atoms with Crippen molar-refractivity contribution in [2.75, 3.05) is 5.32 Å². The number of nitrogens with zero attached hydrogens (tertiary/aromatic N) is 1. The maximum Gasteiger partial charge on any atom is 0.230 e. The van der Waals surface area contributed by atoms with Gasteiger partial charge in [0.25, 0.3) is 0 Å². The van der Waals surface area contributed by atoms with Crippen LogP contribution in [0.25, 0.3) is 10.2 Å². The number of hydrogen-bond donors (Lipinski definition) is 1. The van der Waals surface area contributed by atoms with Crippen LogP contribution in [-0.4, -0.2) is 10.9 Å². The maximum absolute atomic E-state index is 12.1. The van der Waals surface area contributed by atoms with E-state index < -0.39 is 0 Å². The molecule has 0 aliphatic rings. The highest BCUT2D eigenvalue weighted by Gasteiger charge is 2.11. The van der Waals surface area contributed by atoms with Gasteiger partial charge in [-0.2, -0.15) is 0 Å². The number of halogens is 2. The Hall–Kier alpha value is -1.62. The quantitative estimate of drug-likeness (QED) is 0.747. The molecule has 0 spiro atoms. The highest BCUT2D eigenvalue weighted by Crippen LogP contribution is 2.30. The Labute approximate surface area is 135 Å². The zero-order valence-corrected chi connectivity index (χ0v) is 13.1. The van der Waals surface area contributed by atoms with Crippen LogP contribution in [0.15, 0.2) is 42.5 Å². The first-order chi connectivity index (χ1) is 10.1. The van der Waals surface area contributed by atoms with Crippen molar-refractivity contribution >= 4 is 55.8 Å². The lowest BCUT2D eigenvalue weighted by Gasteiger charge is -2.03. The highest BCUT2D eigenvalue weighted by atomic mass is 35.5. The predicted octanol–water partition coefficient (Wildman–Crippen LogP) is 4.78. The standard InChI is InChI=1S/C15H10Cl2N2OS/c16-10-5-2-1-4-9(10)8-13(20)18-15-19-14-11(17)6-3-7-12(14)21-15/h1-7H,8H2,(H,18,19,20). The number of amides is 1. The van der Waals surface area contributed by atoms with Crippen LogP contribution >= 0.6 is 34.5 Å². The Morgan fingerprint density at radius 2 is 1.86 bits per heavy atom. The first-order valence-electron chi connectivity index (χ1n) is 6.22. The summed E-state index contributed by atoms with van der Waals surface area (Å²) >= 11 is 13.5. The van der Waals surface area contributed by atoms with Crippen LogP contribution in [0.1, 0.15) is 5.56 Å². The van der Waals surface area contributed by atoms with E-state index in [9.17, 15) is 4.79 Å². The molecular weight excluding hydrogens is 327 g/mol. The van der Waals surface area contributed by atoms with E-state index in [1.165, 1.54) is 11.3 Å². The summed E-state index contributed by atoms with van der Waals surface area (Å²) < 4.78 is 0.940. The minimum Gasteiger partial charge on any atom is -0.302 e. The van der Waals surface area contributed by atoms with Gasteiger partial charge < -0.3 is 5.32 Å². The molecule has 3 nitrogen and oxygen atoms in total. The van der Waals surface area contributed by atoms with Gasteiger partial charge in [0.15, 0.2) is 5.13 Å². The third kappa shape index (κ3) is 3.18. The molecule has 0 bridgehead atoms. The van der Waals surface area contributed by atoms with Crippen LogP contribution in [0.5, 0.6) is 0 Å². The molecule has 3 aromatic rings. The largest absolute Gasteiger partial charge is 0.302 e. The minimum atomic E-state index is -0.154. The number of thiazole rings is 1.